The average Bonchev–Trinajstić information content (AvgIpc) is 2.85. The van der Waals surface area contributed by atoms with E-state index in [-0.39, 0.29) is 22.6 Å². The van der Waals surface area contributed by atoms with Crippen LogP contribution in [0.15, 0.2) is 53.4 Å². The number of amides is 2. The van der Waals surface area contributed by atoms with Crippen LogP contribution >= 0.6 is 0 Å². The fourth-order valence-corrected chi connectivity index (χ4v) is 5.82. The van der Waals surface area contributed by atoms with Crippen LogP contribution in [0.4, 0.5) is 5.69 Å². The molecule has 0 unspecified atom stereocenters. The van der Waals surface area contributed by atoms with Crippen molar-refractivity contribution in [1.82, 2.24) is 14.1 Å². The summed E-state index contributed by atoms with van der Waals surface area (Å²) in [6.45, 7) is 5.70. The predicted octanol–water partition coefficient (Wildman–Crippen LogP) is 2.42. The predicted molar refractivity (Wildman–Crippen MR) is 131 cm³/mol. The molecule has 0 atom stereocenters. The minimum absolute atomic E-state index is 0.00753. The van der Waals surface area contributed by atoms with E-state index in [1.165, 1.54) is 4.31 Å². The SMILES string of the molecule is Cc1ccc(S(=O)(=O)N2CCC(C(=O)Nc3ccc(C(=O)N4CCN(C)CC4)cc3)CC2)cc1. The molecule has 2 aliphatic heterocycles. The third kappa shape index (κ3) is 5.48. The molecule has 2 fully saturated rings. The van der Waals surface area contributed by atoms with Gasteiger partial charge in [0.2, 0.25) is 15.9 Å². The number of nitrogens with zero attached hydrogens (tertiary/aromatic N) is 3. The van der Waals surface area contributed by atoms with Gasteiger partial charge in [0.25, 0.3) is 5.91 Å². The Hall–Kier alpha value is -2.75. The van der Waals surface area contributed by atoms with Gasteiger partial charge >= 0.3 is 0 Å². The highest BCUT2D eigenvalue weighted by atomic mass is 32.2. The van der Waals surface area contributed by atoms with Gasteiger partial charge in [-0.05, 0) is 63.2 Å². The van der Waals surface area contributed by atoms with E-state index in [0.29, 0.717) is 50.3 Å². The summed E-state index contributed by atoms with van der Waals surface area (Å²) in [6, 6.07) is 13.8. The van der Waals surface area contributed by atoms with Crippen molar-refractivity contribution in [3.8, 4) is 0 Å². The summed E-state index contributed by atoms with van der Waals surface area (Å²) >= 11 is 0. The van der Waals surface area contributed by atoms with E-state index in [1.54, 1.807) is 48.5 Å². The molecule has 2 aromatic carbocycles. The van der Waals surface area contributed by atoms with E-state index in [4.69, 9.17) is 0 Å². The van der Waals surface area contributed by atoms with E-state index in [0.717, 1.165) is 18.7 Å². The minimum Gasteiger partial charge on any atom is -0.336 e. The molecule has 4 rings (SSSR count). The topological polar surface area (TPSA) is 90.0 Å². The number of anilines is 1. The molecule has 2 aromatic rings. The lowest BCUT2D eigenvalue weighted by Gasteiger charge is -2.32. The maximum Gasteiger partial charge on any atom is 0.253 e. The smallest absolute Gasteiger partial charge is 0.253 e. The zero-order valence-corrected chi connectivity index (χ0v) is 20.6. The van der Waals surface area contributed by atoms with Crippen LogP contribution < -0.4 is 5.32 Å². The summed E-state index contributed by atoms with van der Waals surface area (Å²) in [5.74, 6) is -0.366. The average molecular weight is 485 g/mol. The Morgan fingerprint density at radius 1 is 0.853 bits per heavy atom. The number of piperidine rings is 1. The Morgan fingerprint density at radius 3 is 2.03 bits per heavy atom. The largest absolute Gasteiger partial charge is 0.336 e. The van der Waals surface area contributed by atoms with Gasteiger partial charge in [0.05, 0.1) is 4.90 Å². The molecular weight excluding hydrogens is 452 g/mol. The summed E-state index contributed by atoms with van der Waals surface area (Å²) in [5.41, 5.74) is 2.25. The molecule has 34 heavy (non-hydrogen) atoms. The number of sulfonamides is 1. The number of carbonyl (C=O) groups is 2. The van der Waals surface area contributed by atoms with E-state index in [1.807, 2.05) is 18.9 Å². The molecule has 2 heterocycles. The van der Waals surface area contributed by atoms with Crippen LogP contribution in [0.25, 0.3) is 0 Å². The second-order valence-electron chi connectivity index (χ2n) is 9.15. The highest BCUT2D eigenvalue weighted by molar-refractivity contribution is 7.89. The van der Waals surface area contributed by atoms with E-state index < -0.39 is 10.0 Å². The van der Waals surface area contributed by atoms with Crippen LogP contribution in [-0.2, 0) is 14.8 Å². The Kier molecular flexibility index (Phi) is 7.35. The van der Waals surface area contributed by atoms with Crippen molar-refractivity contribution in [2.45, 2.75) is 24.7 Å². The van der Waals surface area contributed by atoms with E-state index >= 15 is 0 Å². The molecule has 0 saturated carbocycles. The van der Waals surface area contributed by atoms with Gasteiger partial charge in [-0.3, -0.25) is 9.59 Å². The normalized spacial score (nSPS) is 18.6. The number of nitrogens with one attached hydrogen (secondary N) is 1. The minimum atomic E-state index is -3.55. The van der Waals surface area contributed by atoms with E-state index in [2.05, 4.69) is 10.2 Å². The molecule has 1 N–H and O–H groups in total. The maximum atomic E-state index is 12.9. The van der Waals surface area contributed by atoms with Gasteiger partial charge in [0.1, 0.15) is 0 Å². The molecule has 0 spiro atoms. The second kappa shape index (κ2) is 10.2. The first-order chi connectivity index (χ1) is 16.2. The maximum absolute atomic E-state index is 12.9. The number of aryl methyl sites for hydroxylation is 1. The lowest BCUT2D eigenvalue weighted by Crippen LogP contribution is -2.47. The van der Waals surface area contributed by atoms with Gasteiger partial charge in [-0.15, -0.1) is 0 Å². The number of piperazine rings is 1. The van der Waals surface area contributed by atoms with Crippen molar-refractivity contribution >= 4 is 27.5 Å². The molecule has 9 heteroatoms. The fourth-order valence-electron chi connectivity index (χ4n) is 4.35. The van der Waals surface area contributed by atoms with Crippen LogP contribution in [0.1, 0.15) is 28.8 Å². The lowest BCUT2D eigenvalue weighted by molar-refractivity contribution is -0.120. The quantitative estimate of drug-likeness (QED) is 0.704. The zero-order valence-electron chi connectivity index (χ0n) is 19.7. The standard InChI is InChI=1S/C25H32N4O4S/c1-19-3-9-23(10-4-19)34(32,33)29-13-11-20(12-14-29)24(30)26-22-7-5-21(6-8-22)25(31)28-17-15-27(2)16-18-28/h3-10,20H,11-18H2,1-2H3,(H,26,30). The van der Waals surface area contributed by atoms with Crippen LogP contribution in [0.3, 0.4) is 0 Å². The zero-order chi connectivity index (χ0) is 24.3. The molecule has 2 aliphatic rings. The van der Waals surface area contributed by atoms with Gasteiger partial charge in [-0.1, -0.05) is 17.7 Å². The van der Waals surface area contributed by atoms with Crippen LogP contribution in [0, 0.1) is 12.8 Å². The molecule has 0 aliphatic carbocycles. The summed E-state index contributed by atoms with van der Waals surface area (Å²) in [7, 11) is -1.50. The van der Waals surface area contributed by atoms with Crippen molar-refractivity contribution in [3.05, 3.63) is 59.7 Å². The summed E-state index contributed by atoms with van der Waals surface area (Å²) in [6.07, 6.45) is 0.938. The third-order valence-electron chi connectivity index (χ3n) is 6.67. The number of carbonyl (C=O) groups excluding carboxylic acids is 2. The van der Waals surface area contributed by atoms with Crippen molar-refractivity contribution in [3.63, 3.8) is 0 Å². The second-order valence-corrected chi connectivity index (χ2v) is 11.1. The highest BCUT2D eigenvalue weighted by Crippen LogP contribution is 2.25. The lowest BCUT2D eigenvalue weighted by atomic mass is 9.97. The van der Waals surface area contributed by atoms with Crippen LogP contribution in [0.2, 0.25) is 0 Å². The first kappa shape index (κ1) is 24.4. The first-order valence-electron chi connectivity index (χ1n) is 11.7. The van der Waals surface area contributed by atoms with Gasteiger partial charge in [0, 0.05) is 56.4 Å². The molecule has 0 bridgehead atoms. The van der Waals surface area contributed by atoms with Gasteiger partial charge < -0.3 is 15.1 Å². The van der Waals surface area contributed by atoms with Crippen LogP contribution in [-0.4, -0.2) is 80.7 Å². The summed E-state index contributed by atoms with van der Waals surface area (Å²) in [5, 5.41) is 2.92. The third-order valence-corrected chi connectivity index (χ3v) is 8.59. The Morgan fingerprint density at radius 2 is 1.44 bits per heavy atom. The molecule has 8 nitrogen and oxygen atoms in total. The number of likely N-dealkylation sites (N-methyl/N-ethyl adjacent to an activating group) is 1. The molecular formula is C25H32N4O4S. The summed E-state index contributed by atoms with van der Waals surface area (Å²) in [4.78, 5) is 29.8. The number of hydrogen-bond donors (Lipinski definition) is 1. The van der Waals surface area contributed by atoms with Gasteiger partial charge in [0.15, 0.2) is 0 Å². The number of hydrogen-bond acceptors (Lipinski definition) is 5. The van der Waals surface area contributed by atoms with E-state index in [9.17, 15) is 18.0 Å². The number of rotatable bonds is 5. The molecule has 2 amide bonds. The monoisotopic (exact) mass is 484 g/mol. The van der Waals surface area contributed by atoms with Crippen molar-refractivity contribution in [2.24, 2.45) is 5.92 Å². The molecule has 182 valence electrons. The van der Waals surface area contributed by atoms with Gasteiger partial charge in [-0.25, -0.2) is 8.42 Å². The van der Waals surface area contributed by atoms with Gasteiger partial charge in [-0.2, -0.15) is 4.31 Å². The number of benzene rings is 2. The van der Waals surface area contributed by atoms with Crippen molar-refractivity contribution in [1.29, 1.82) is 0 Å². The Bertz CT molecular complexity index is 1120. The Balaban J connectivity index is 1.30. The molecule has 0 aromatic heterocycles. The fraction of sp³-hybridized carbons (Fsp3) is 0.440. The molecule has 0 radical (unpaired) electrons. The first-order valence-corrected chi connectivity index (χ1v) is 13.1. The van der Waals surface area contributed by atoms with Crippen molar-refractivity contribution < 1.29 is 18.0 Å². The summed E-state index contributed by atoms with van der Waals surface area (Å²) < 4.78 is 27.2. The molecule has 2 saturated heterocycles. The Labute approximate surface area is 201 Å². The van der Waals surface area contributed by atoms with Crippen LogP contribution in [0.5, 0.6) is 0 Å². The highest BCUT2D eigenvalue weighted by Gasteiger charge is 2.32. The van der Waals surface area contributed by atoms with Crippen molar-refractivity contribution in [2.75, 3.05) is 51.6 Å².